The number of nitrogen functional groups attached to an aromatic ring is 1. The summed E-state index contributed by atoms with van der Waals surface area (Å²) in [7, 11) is 0. The van der Waals surface area contributed by atoms with Crippen LogP contribution in [-0.4, -0.2) is 9.36 Å². The van der Waals surface area contributed by atoms with E-state index >= 15 is 0 Å². The summed E-state index contributed by atoms with van der Waals surface area (Å²) in [5.74, 6) is 0. The molecular weight excluding hydrogens is 273 g/mol. The minimum atomic E-state index is 0.440. The molecule has 0 aliphatic carbocycles. The molecule has 2 aromatic rings. The van der Waals surface area contributed by atoms with Gasteiger partial charge >= 0.3 is 0 Å². The summed E-state index contributed by atoms with van der Waals surface area (Å²) in [6.07, 6.45) is 0. The Balaban J connectivity index is 2.27. The maximum atomic E-state index is 5.99. The van der Waals surface area contributed by atoms with Crippen molar-refractivity contribution in [1.29, 1.82) is 0 Å². The molecule has 0 fully saturated rings. The highest BCUT2D eigenvalue weighted by molar-refractivity contribution is 7.99. The lowest BCUT2D eigenvalue weighted by atomic mass is 10.4. The molecule has 2 N–H and O–H groups in total. The molecule has 15 heavy (non-hydrogen) atoms. The van der Waals surface area contributed by atoms with Crippen LogP contribution in [0.5, 0.6) is 0 Å². The largest absolute Gasteiger partial charge is 0.374 e. The van der Waals surface area contributed by atoms with E-state index < -0.39 is 0 Å². The number of rotatable bonds is 2. The lowest BCUT2D eigenvalue weighted by Crippen LogP contribution is -1.82. The van der Waals surface area contributed by atoms with Crippen LogP contribution in [0.1, 0.15) is 0 Å². The molecule has 0 unspecified atom stereocenters. The molecule has 0 bridgehead atoms. The van der Waals surface area contributed by atoms with Gasteiger partial charge in [0.15, 0.2) is 0 Å². The van der Waals surface area contributed by atoms with Crippen molar-refractivity contribution < 1.29 is 0 Å². The first-order valence-electron chi connectivity index (χ1n) is 3.87. The standard InChI is InChI=1S/C8H5Cl2N3S2/c9-4-1-2-5(10)6(3-4)14-8-12-7(11)15-13-8/h1-3H,(H2,11,12,13). The van der Waals surface area contributed by atoms with Gasteiger partial charge in [0.2, 0.25) is 10.3 Å². The van der Waals surface area contributed by atoms with Gasteiger partial charge in [-0.1, -0.05) is 23.2 Å². The smallest absolute Gasteiger partial charge is 0.206 e. The van der Waals surface area contributed by atoms with Crippen LogP contribution < -0.4 is 5.73 Å². The zero-order valence-corrected chi connectivity index (χ0v) is 10.4. The fourth-order valence-corrected chi connectivity index (χ4v) is 2.74. The fourth-order valence-electron chi connectivity index (χ4n) is 0.916. The predicted octanol–water partition coefficient (Wildman–Crippen LogP) is 3.58. The van der Waals surface area contributed by atoms with Gasteiger partial charge in [-0.25, -0.2) is 0 Å². The van der Waals surface area contributed by atoms with Gasteiger partial charge in [0.25, 0.3) is 0 Å². The first-order chi connectivity index (χ1) is 7.15. The van der Waals surface area contributed by atoms with Crippen LogP contribution >= 0.6 is 46.5 Å². The minimum absolute atomic E-state index is 0.440. The zero-order valence-electron chi connectivity index (χ0n) is 7.28. The first-order valence-corrected chi connectivity index (χ1v) is 6.22. The zero-order chi connectivity index (χ0) is 10.8. The average Bonchev–Trinajstić information content (AvgIpc) is 2.58. The number of benzene rings is 1. The van der Waals surface area contributed by atoms with Gasteiger partial charge in [-0.2, -0.15) is 9.36 Å². The van der Waals surface area contributed by atoms with Gasteiger partial charge in [0.05, 0.1) is 5.02 Å². The number of nitrogens with zero attached hydrogens (tertiary/aromatic N) is 2. The second kappa shape index (κ2) is 4.57. The van der Waals surface area contributed by atoms with Crippen molar-refractivity contribution in [3.63, 3.8) is 0 Å². The summed E-state index contributed by atoms with van der Waals surface area (Å²) in [5, 5.41) is 2.28. The number of halogens is 2. The van der Waals surface area contributed by atoms with Crippen LogP contribution in [-0.2, 0) is 0 Å². The van der Waals surface area contributed by atoms with Crippen molar-refractivity contribution in [2.45, 2.75) is 10.1 Å². The molecule has 3 nitrogen and oxygen atoms in total. The molecule has 0 saturated carbocycles. The molecular formula is C8H5Cl2N3S2. The van der Waals surface area contributed by atoms with Crippen LogP contribution in [0.15, 0.2) is 28.3 Å². The molecule has 7 heteroatoms. The van der Waals surface area contributed by atoms with Crippen LogP contribution in [0, 0.1) is 0 Å². The van der Waals surface area contributed by atoms with Crippen LogP contribution in [0.25, 0.3) is 0 Å². The Morgan fingerprint density at radius 3 is 2.80 bits per heavy atom. The average molecular weight is 278 g/mol. The van der Waals surface area contributed by atoms with E-state index in [2.05, 4.69) is 9.36 Å². The lowest BCUT2D eigenvalue weighted by Gasteiger charge is -2.00. The van der Waals surface area contributed by atoms with Gasteiger partial charge in [0, 0.05) is 21.5 Å². The Bertz CT molecular complexity index is 486. The van der Waals surface area contributed by atoms with E-state index in [4.69, 9.17) is 28.9 Å². The fraction of sp³-hybridized carbons (Fsp3) is 0. The molecule has 1 aromatic heterocycles. The molecule has 78 valence electrons. The van der Waals surface area contributed by atoms with Crippen molar-refractivity contribution >= 4 is 51.6 Å². The molecule has 0 atom stereocenters. The highest BCUT2D eigenvalue weighted by Gasteiger charge is 2.07. The third-order valence-electron chi connectivity index (χ3n) is 1.52. The summed E-state index contributed by atoms with van der Waals surface area (Å²) >= 11 is 14.3. The Kier molecular flexibility index (Phi) is 3.35. The van der Waals surface area contributed by atoms with E-state index in [0.29, 0.717) is 20.3 Å². The van der Waals surface area contributed by atoms with Crippen molar-refractivity contribution in [3.05, 3.63) is 28.2 Å². The third-order valence-corrected chi connectivity index (χ3v) is 3.78. The quantitative estimate of drug-likeness (QED) is 0.912. The third kappa shape index (κ3) is 2.75. The van der Waals surface area contributed by atoms with Crippen molar-refractivity contribution in [2.75, 3.05) is 5.73 Å². The first kappa shape index (κ1) is 11.0. The van der Waals surface area contributed by atoms with Crippen LogP contribution in [0.3, 0.4) is 0 Å². The van der Waals surface area contributed by atoms with E-state index in [9.17, 15) is 0 Å². The lowest BCUT2D eigenvalue weighted by molar-refractivity contribution is 1.08. The van der Waals surface area contributed by atoms with Gasteiger partial charge < -0.3 is 5.73 Å². The highest BCUT2D eigenvalue weighted by atomic mass is 35.5. The van der Waals surface area contributed by atoms with Crippen molar-refractivity contribution in [1.82, 2.24) is 9.36 Å². The number of nitrogens with two attached hydrogens (primary N) is 1. The molecule has 2 rings (SSSR count). The van der Waals surface area contributed by atoms with E-state index in [-0.39, 0.29) is 0 Å². The number of aromatic nitrogens is 2. The van der Waals surface area contributed by atoms with E-state index in [1.165, 1.54) is 11.8 Å². The second-order valence-electron chi connectivity index (χ2n) is 2.59. The molecule has 1 aromatic carbocycles. The van der Waals surface area contributed by atoms with E-state index in [1.807, 2.05) is 0 Å². The molecule has 0 spiro atoms. The Labute approximate surface area is 105 Å². The summed E-state index contributed by atoms with van der Waals surface area (Å²) in [6, 6.07) is 5.24. The van der Waals surface area contributed by atoms with Crippen molar-refractivity contribution in [3.8, 4) is 0 Å². The molecule has 0 saturated heterocycles. The predicted molar refractivity (Wildman–Crippen MR) is 64.9 cm³/mol. The van der Waals surface area contributed by atoms with Crippen LogP contribution in [0.2, 0.25) is 10.0 Å². The van der Waals surface area contributed by atoms with Gasteiger partial charge in [0.1, 0.15) is 0 Å². The number of hydrogen-bond acceptors (Lipinski definition) is 5. The van der Waals surface area contributed by atoms with Crippen molar-refractivity contribution in [2.24, 2.45) is 0 Å². The molecule has 0 amide bonds. The topological polar surface area (TPSA) is 51.8 Å². The van der Waals surface area contributed by atoms with E-state index in [1.54, 1.807) is 18.2 Å². The summed E-state index contributed by atoms with van der Waals surface area (Å²) in [4.78, 5) is 4.84. The summed E-state index contributed by atoms with van der Waals surface area (Å²) in [5.41, 5.74) is 5.47. The molecule has 0 radical (unpaired) electrons. The Morgan fingerprint density at radius 2 is 2.13 bits per heavy atom. The Hall–Kier alpha value is -0.490. The van der Waals surface area contributed by atoms with Crippen LogP contribution in [0.4, 0.5) is 5.13 Å². The summed E-state index contributed by atoms with van der Waals surface area (Å²) < 4.78 is 4.05. The van der Waals surface area contributed by atoms with Gasteiger partial charge in [-0.3, -0.25) is 0 Å². The maximum Gasteiger partial charge on any atom is 0.206 e. The Morgan fingerprint density at radius 1 is 1.33 bits per heavy atom. The SMILES string of the molecule is Nc1nc(Sc2cc(Cl)ccc2Cl)ns1. The normalized spacial score (nSPS) is 10.5. The highest BCUT2D eigenvalue weighted by Crippen LogP contribution is 2.34. The number of anilines is 1. The second-order valence-corrected chi connectivity index (χ2v) is 5.23. The number of hydrogen-bond donors (Lipinski definition) is 1. The molecule has 1 heterocycles. The monoisotopic (exact) mass is 277 g/mol. The van der Waals surface area contributed by atoms with Gasteiger partial charge in [-0.15, -0.1) is 0 Å². The van der Waals surface area contributed by atoms with Gasteiger partial charge in [-0.05, 0) is 30.0 Å². The maximum absolute atomic E-state index is 5.99. The molecule has 0 aliphatic heterocycles. The molecule has 0 aliphatic rings. The summed E-state index contributed by atoms with van der Waals surface area (Å²) in [6.45, 7) is 0. The minimum Gasteiger partial charge on any atom is -0.374 e. The van der Waals surface area contributed by atoms with E-state index in [0.717, 1.165) is 16.4 Å².